The Balaban J connectivity index is 2.01. The van der Waals surface area contributed by atoms with Crippen LogP contribution in [-0.2, 0) is 14.3 Å². The van der Waals surface area contributed by atoms with Gasteiger partial charge in [0, 0.05) is 6.54 Å². The van der Waals surface area contributed by atoms with E-state index in [1.807, 2.05) is 0 Å². The van der Waals surface area contributed by atoms with Gasteiger partial charge in [0.05, 0.1) is 6.04 Å². The highest BCUT2D eigenvalue weighted by Crippen LogP contribution is 2.34. The van der Waals surface area contributed by atoms with Gasteiger partial charge in [-0.25, -0.2) is 4.79 Å². The molecule has 3 rings (SSSR count). The van der Waals surface area contributed by atoms with Crippen molar-refractivity contribution in [1.82, 2.24) is 9.80 Å². The van der Waals surface area contributed by atoms with E-state index in [-0.39, 0.29) is 25.0 Å². The van der Waals surface area contributed by atoms with E-state index in [2.05, 4.69) is 0 Å². The van der Waals surface area contributed by atoms with Gasteiger partial charge in [0.25, 0.3) is 0 Å². The predicted molar refractivity (Wildman–Crippen MR) is 64.5 cm³/mol. The average Bonchev–Trinajstić information content (AvgIpc) is 2.15. The molecule has 0 aromatic heterocycles. The zero-order valence-electron chi connectivity index (χ0n) is 11.3. The molecule has 7 heteroatoms. The van der Waals surface area contributed by atoms with E-state index >= 15 is 0 Å². The highest BCUT2D eigenvalue weighted by molar-refractivity contribution is 5.91. The molecule has 0 spiro atoms. The van der Waals surface area contributed by atoms with Crippen molar-refractivity contribution in [2.75, 3.05) is 13.1 Å². The van der Waals surface area contributed by atoms with Crippen LogP contribution in [0.4, 0.5) is 4.79 Å². The fourth-order valence-corrected chi connectivity index (χ4v) is 2.44. The number of piperidine rings is 1. The maximum atomic E-state index is 12.0. The average molecular weight is 270 g/mol. The van der Waals surface area contributed by atoms with E-state index < -0.39 is 23.7 Å². The first-order valence-electron chi connectivity index (χ1n) is 6.21. The lowest BCUT2D eigenvalue weighted by atomic mass is 9.87. The number of hydrogen-bond donors (Lipinski definition) is 1. The standard InChI is InChI=1S/C12H18N2O5/c1-12(2,3)19-11(18)14-7-4-8(14)10(17)13(5-7)6-9(15)16/h7-8H,4-6H2,1-3H3,(H,15,16). The van der Waals surface area contributed by atoms with Crippen LogP contribution in [0.15, 0.2) is 0 Å². The summed E-state index contributed by atoms with van der Waals surface area (Å²) in [6, 6.07) is -0.690. The third-order valence-electron chi connectivity index (χ3n) is 3.18. The summed E-state index contributed by atoms with van der Waals surface area (Å²) in [5.41, 5.74) is -0.606. The number of carboxylic acids is 1. The Kier molecular flexibility index (Phi) is 3.15. The Morgan fingerprint density at radius 3 is 2.53 bits per heavy atom. The van der Waals surface area contributed by atoms with Crippen molar-refractivity contribution >= 4 is 18.0 Å². The molecule has 7 nitrogen and oxygen atoms in total. The summed E-state index contributed by atoms with van der Waals surface area (Å²) in [5, 5.41) is 8.71. The molecule has 2 amide bonds. The Morgan fingerprint density at radius 1 is 1.42 bits per heavy atom. The van der Waals surface area contributed by atoms with Crippen molar-refractivity contribution in [2.45, 2.75) is 44.9 Å². The minimum Gasteiger partial charge on any atom is -0.480 e. The Morgan fingerprint density at radius 2 is 2.05 bits per heavy atom. The molecule has 2 unspecified atom stereocenters. The first-order valence-corrected chi connectivity index (χ1v) is 6.21. The van der Waals surface area contributed by atoms with Crippen molar-refractivity contribution < 1.29 is 24.2 Å². The van der Waals surface area contributed by atoms with Gasteiger partial charge in [-0.2, -0.15) is 0 Å². The monoisotopic (exact) mass is 270 g/mol. The number of carbonyl (C=O) groups excluding carboxylic acids is 2. The van der Waals surface area contributed by atoms with Crippen molar-refractivity contribution in [3.05, 3.63) is 0 Å². The van der Waals surface area contributed by atoms with Crippen molar-refractivity contribution in [3.63, 3.8) is 0 Å². The van der Waals surface area contributed by atoms with Gasteiger partial charge in [-0.05, 0) is 27.2 Å². The van der Waals surface area contributed by atoms with Crippen LogP contribution in [0.2, 0.25) is 0 Å². The molecule has 2 bridgehead atoms. The zero-order chi connectivity index (χ0) is 14.4. The lowest BCUT2D eigenvalue weighted by molar-refractivity contribution is -0.162. The number of ether oxygens (including phenoxy) is 1. The van der Waals surface area contributed by atoms with E-state index in [1.165, 1.54) is 9.80 Å². The van der Waals surface area contributed by atoms with Gasteiger partial charge < -0.3 is 14.7 Å². The van der Waals surface area contributed by atoms with Crippen LogP contribution >= 0.6 is 0 Å². The molecule has 0 aromatic carbocycles. The van der Waals surface area contributed by atoms with Gasteiger partial charge >= 0.3 is 12.1 Å². The number of aliphatic carboxylic acids is 1. The molecule has 0 radical (unpaired) electrons. The van der Waals surface area contributed by atoms with Gasteiger partial charge in [-0.1, -0.05) is 0 Å². The van der Waals surface area contributed by atoms with Gasteiger partial charge in [-0.3, -0.25) is 14.5 Å². The lowest BCUT2D eigenvalue weighted by Gasteiger charge is -2.54. The van der Waals surface area contributed by atoms with Gasteiger partial charge in [-0.15, -0.1) is 0 Å². The molecule has 0 saturated carbocycles. The fourth-order valence-electron chi connectivity index (χ4n) is 2.44. The summed E-state index contributed by atoms with van der Waals surface area (Å²) in [6.45, 7) is 5.24. The van der Waals surface area contributed by atoms with E-state index in [9.17, 15) is 14.4 Å². The van der Waals surface area contributed by atoms with Crippen LogP contribution in [0.3, 0.4) is 0 Å². The summed E-state index contributed by atoms with van der Waals surface area (Å²) in [4.78, 5) is 37.3. The summed E-state index contributed by atoms with van der Waals surface area (Å²) in [6.07, 6.45) is 0.0888. The van der Waals surface area contributed by atoms with Crippen LogP contribution in [0.25, 0.3) is 0 Å². The Bertz CT molecular complexity index is 428. The summed E-state index contributed by atoms with van der Waals surface area (Å²) >= 11 is 0. The SMILES string of the molecule is CC(C)(C)OC(=O)N1C2CC1C(=O)N(CC(=O)O)C2. The molecular weight excluding hydrogens is 252 g/mol. The van der Waals surface area contributed by atoms with E-state index in [4.69, 9.17) is 9.84 Å². The predicted octanol–water partition coefficient (Wildman–Crippen LogP) is 0.291. The molecule has 2 atom stereocenters. The Hall–Kier alpha value is -1.79. The molecule has 106 valence electrons. The number of carbonyl (C=O) groups is 3. The molecule has 0 aromatic rings. The smallest absolute Gasteiger partial charge is 0.411 e. The first kappa shape index (κ1) is 13.6. The maximum absolute atomic E-state index is 12.0. The third-order valence-corrected chi connectivity index (χ3v) is 3.18. The summed E-state index contributed by atoms with van der Waals surface area (Å²) < 4.78 is 5.24. The molecule has 3 fully saturated rings. The molecule has 3 aliphatic rings. The molecule has 1 N–H and O–H groups in total. The number of piperazine rings is 1. The van der Waals surface area contributed by atoms with Crippen LogP contribution < -0.4 is 0 Å². The van der Waals surface area contributed by atoms with Gasteiger partial charge in [0.2, 0.25) is 5.91 Å². The molecule has 19 heavy (non-hydrogen) atoms. The zero-order valence-corrected chi connectivity index (χ0v) is 11.3. The highest BCUT2D eigenvalue weighted by atomic mass is 16.6. The van der Waals surface area contributed by atoms with Crippen LogP contribution in [0.5, 0.6) is 0 Å². The summed E-state index contributed by atoms with van der Waals surface area (Å²) in [5.74, 6) is -1.35. The molecule has 3 saturated heterocycles. The molecule has 3 aliphatic heterocycles. The Labute approximate surface area is 111 Å². The number of hydrogen-bond acceptors (Lipinski definition) is 4. The summed E-state index contributed by atoms with van der Waals surface area (Å²) in [7, 11) is 0. The number of rotatable bonds is 2. The molecular formula is C12H18N2O5. The van der Waals surface area contributed by atoms with Gasteiger partial charge in [0.15, 0.2) is 0 Å². The number of fused-ring (bicyclic) bond motifs is 2. The second-order valence-electron chi connectivity index (χ2n) is 5.91. The van der Waals surface area contributed by atoms with E-state index in [0.717, 1.165) is 0 Å². The lowest BCUT2D eigenvalue weighted by Crippen LogP contribution is -2.73. The van der Waals surface area contributed by atoms with Crippen LogP contribution in [0, 0.1) is 0 Å². The molecule has 0 aliphatic carbocycles. The van der Waals surface area contributed by atoms with Crippen molar-refractivity contribution in [2.24, 2.45) is 0 Å². The quantitative estimate of drug-likeness (QED) is 0.779. The minimum atomic E-state index is -1.04. The van der Waals surface area contributed by atoms with Crippen molar-refractivity contribution in [1.29, 1.82) is 0 Å². The topological polar surface area (TPSA) is 87.2 Å². The maximum Gasteiger partial charge on any atom is 0.411 e. The number of nitrogens with zero attached hydrogens (tertiary/aromatic N) is 2. The second kappa shape index (κ2) is 4.40. The first-order chi connectivity index (χ1) is 8.69. The van der Waals surface area contributed by atoms with E-state index in [1.54, 1.807) is 20.8 Å². The van der Waals surface area contributed by atoms with E-state index in [0.29, 0.717) is 6.42 Å². The van der Waals surface area contributed by atoms with Crippen molar-refractivity contribution in [3.8, 4) is 0 Å². The minimum absolute atomic E-state index is 0.128. The third kappa shape index (κ3) is 2.64. The van der Waals surface area contributed by atoms with Crippen LogP contribution in [0.1, 0.15) is 27.2 Å². The molecule has 3 heterocycles. The number of amides is 2. The number of carboxylic acid groups (broad SMARTS) is 1. The van der Waals surface area contributed by atoms with Crippen LogP contribution in [-0.4, -0.2) is 63.7 Å². The second-order valence-corrected chi connectivity index (χ2v) is 5.91. The normalized spacial score (nSPS) is 25.9. The fraction of sp³-hybridized carbons (Fsp3) is 0.750. The largest absolute Gasteiger partial charge is 0.480 e. The highest BCUT2D eigenvalue weighted by Gasteiger charge is 2.53. The van der Waals surface area contributed by atoms with Gasteiger partial charge in [0.1, 0.15) is 18.2 Å².